The summed E-state index contributed by atoms with van der Waals surface area (Å²) >= 11 is 0. The van der Waals surface area contributed by atoms with Crippen molar-refractivity contribution < 1.29 is 22.7 Å². The van der Waals surface area contributed by atoms with Crippen LogP contribution in [0.1, 0.15) is 25.8 Å². The molecule has 0 saturated heterocycles. The highest BCUT2D eigenvalue weighted by Gasteiger charge is 2.15. The SMILES string of the molecule is CC(C)S(=O)(=O)CCOc1ccc(C#CCCO)c(F)c1. The maximum atomic E-state index is 13.7. The molecule has 0 heterocycles. The number of aliphatic hydroxyl groups is 1. The molecule has 0 aliphatic heterocycles. The minimum absolute atomic E-state index is 0.0184. The molecule has 0 bridgehead atoms. The largest absolute Gasteiger partial charge is 0.492 e. The van der Waals surface area contributed by atoms with E-state index in [1.54, 1.807) is 13.8 Å². The number of aliphatic hydroxyl groups excluding tert-OH is 1. The van der Waals surface area contributed by atoms with Gasteiger partial charge in [0.2, 0.25) is 0 Å². The van der Waals surface area contributed by atoms with Crippen molar-refractivity contribution in [2.75, 3.05) is 19.0 Å². The van der Waals surface area contributed by atoms with Gasteiger partial charge in [-0.2, -0.15) is 0 Å². The summed E-state index contributed by atoms with van der Waals surface area (Å²) in [5.74, 6) is 4.85. The van der Waals surface area contributed by atoms with Crippen LogP contribution in [0.3, 0.4) is 0 Å². The molecule has 0 aliphatic carbocycles. The fourth-order valence-corrected chi connectivity index (χ4v) is 2.20. The molecule has 6 heteroatoms. The molecular formula is C15H19FO4S. The molecule has 0 spiro atoms. The fraction of sp³-hybridized carbons (Fsp3) is 0.467. The third-order valence-electron chi connectivity index (χ3n) is 2.76. The van der Waals surface area contributed by atoms with Crippen LogP contribution in [0, 0.1) is 17.7 Å². The Balaban J connectivity index is 2.63. The van der Waals surface area contributed by atoms with Crippen LogP contribution in [-0.4, -0.2) is 37.7 Å². The number of ether oxygens (including phenoxy) is 1. The second kappa shape index (κ2) is 8.01. The van der Waals surface area contributed by atoms with E-state index < -0.39 is 20.9 Å². The van der Waals surface area contributed by atoms with E-state index in [0.29, 0.717) is 0 Å². The topological polar surface area (TPSA) is 63.6 Å². The predicted molar refractivity (Wildman–Crippen MR) is 79.4 cm³/mol. The maximum absolute atomic E-state index is 13.7. The Kier molecular flexibility index (Phi) is 6.66. The van der Waals surface area contributed by atoms with Crippen molar-refractivity contribution in [1.29, 1.82) is 0 Å². The average Bonchev–Trinajstić information content (AvgIpc) is 2.41. The predicted octanol–water partition coefficient (Wildman–Crippen LogP) is 1.76. The quantitative estimate of drug-likeness (QED) is 0.813. The highest BCUT2D eigenvalue weighted by atomic mass is 32.2. The van der Waals surface area contributed by atoms with Gasteiger partial charge in [0.15, 0.2) is 9.84 Å². The van der Waals surface area contributed by atoms with Crippen molar-refractivity contribution in [3.05, 3.63) is 29.6 Å². The van der Waals surface area contributed by atoms with Crippen LogP contribution in [0.25, 0.3) is 0 Å². The summed E-state index contributed by atoms with van der Waals surface area (Å²) in [5, 5.41) is 8.14. The zero-order valence-electron chi connectivity index (χ0n) is 12.1. The third-order valence-corrected chi connectivity index (χ3v) is 4.93. The number of sulfone groups is 1. The van der Waals surface area contributed by atoms with Gasteiger partial charge in [-0.25, -0.2) is 12.8 Å². The summed E-state index contributed by atoms with van der Waals surface area (Å²) in [6.07, 6.45) is 0.282. The van der Waals surface area contributed by atoms with E-state index in [9.17, 15) is 12.8 Å². The molecule has 1 N–H and O–H groups in total. The van der Waals surface area contributed by atoms with Crippen LogP contribution in [-0.2, 0) is 9.84 Å². The van der Waals surface area contributed by atoms with Gasteiger partial charge in [0.1, 0.15) is 18.2 Å². The summed E-state index contributed by atoms with van der Waals surface area (Å²) < 4.78 is 42.1. The highest BCUT2D eigenvalue weighted by Crippen LogP contribution is 2.16. The zero-order chi connectivity index (χ0) is 15.9. The minimum atomic E-state index is -3.17. The molecule has 21 heavy (non-hydrogen) atoms. The zero-order valence-corrected chi connectivity index (χ0v) is 12.9. The van der Waals surface area contributed by atoms with E-state index in [1.807, 2.05) is 0 Å². The Morgan fingerprint density at radius 2 is 2.10 bits per heavy atom. The summed E-state index contributed by atoms with van der Waals surface area (Å²) in [4.78, 5) is 0. The molecule has 0 radical (unpaired) electrons. The van der Waals surface area contributed by atoms with Gasteiger partial charge in [-0.3, -0.25) is 0 Å². The first kappa shape index (κ1) is 17.5. The van der Waals surface area contributed by atoms with Gasteiger partial charge in [0.05, 0.1) is 23.2 Å². The van der Waals surface area contributed by atoms with Crippen LogP contribution in [0.4, 0.5) is 4.39 Å². The lowest BCUT2D eigenvalue weighted by molar-refractivity contribution is 0.305. The first-order valence-electron chi connectivity index (χ1n) is 6.60. The lowest BCUT2D eigenvalue weighted by Crippen LogP contribution is -2.22. The average molecular weight is 314 g/mol. The van der Waals surface area contributed by atoms with Crippen LogP contribution >= 0.6 is 0 Å². The van der Waals surface area contributed by atoms with E-state index >= 15 is 0 Å². The third kappa shape index (κ3) is 5.74. The number of rotatable bonds is 6. The fourth-order valence-electron chi connectivity index (χ4n) is 1.41. The van der Waals surface area contributed by atoms with Crippen molar-refractivity contribution in [3.8, 4) is 17.6 Å². The number of hydrogen-bond acceptors (Lipinski definition) is 4. The standard InChI is InChI=1S/C15H19FO4S/c1-12(2)21(18,19)10-9-20-14-7-6-13(15(16)11-14)5-3-4-8-17/h6-7,11-12,17H,4,8-10H2,1-2H3. The van der Waals surface area contributed by atoms with Gasteiger partial charge in [-0.15, -0.1) is 0 Å². The number of hydrogen-bond donors (Lipinski definition) is 1. The summed E-state index contributed by atoms with van der Waals surface area (Å²) in [6.45, 7) is 3.12. The Labute approximate surface area is 124 Å². The molecule has 1 aromatic carbocycles. The van der Waals surface area contributed by atoms with Gasteiger partial charge in [0, 0.05) is 12.5 Å². The highest BCUT2D eigenvalue weighted by molar-refractivity contribution is 7.91. The molecule has 0 unspecified atom stereocenters. The van der Waals surface area contributed by atoms with Crippen LogP contribution < -0.4 is 4.74 Å². The van der Waals surface area contributed by atoms with E-state index in [1.165, 1.54) is 18.2 Å². The monoisotopic (exact) mass is 314 g/mol. The van der Waals surface area contributed by atoms with E-state index in [2.05, 4.69) is 11.8 Å². The first-order chi connectivity index (χ1) is 9.86. The Hall–Kier alpha value is -1.58. The van der Waals surface area contributed by atoms with Crippen molar-refractivity contribution in [2.24, 2.45) is 0 Å². The van der Waals surface area contributed by atoms with E-state index in [4.69, 9.17) is 9.84 Å². The minimum Gasteiger partial charge on any atom is -0.492 e. The molecule has 116 valence electrons. The molecule has 4 nitrogen and oxygen atoms in total. The molecule has 0 fully saturated rings. The van der Waals surface area contributed by atoms with Gasteiger partial charge >= 0.3 is 0 Å². The molecule has 1 aromatic rings. The van der Waals surface area contributed by atoms with Gasteiger partial charge in [0.25, 0.3) is 0 Å². The van der Waals surface area contributed by atoms with Crippen molar-refractivity contribution in [2.45, 2.75) is 25.5 Å². The van der Waals surface area contributed by atoms with Crippen molar-refractivity contribution >= 4 is 9.84 Å². The van der Waals surface area contributed by atoms with Crippen molar-refractivity contribution in [3.63, 3.8) is 0 Å². The van der Waals surface area contributed by atoms with Gasteiger partial charge in [-0.1, -0.05) is 11.8 Å². The molecule has 0 aliphatic rings. The molecule has 1 rings (SSSR count). The number of benzene rings is 1. The molecule has 0 amide bonds. The number of halogens is 1. The molecule has 0 aromatic heterocycles. The molecule has 0 atom stereocenters. The Morgan fingerprint density at radius 1 is 1.38 bits per heavy atom. The first-order valence-corrected chi connectivity index (χ1v) is 8.32. The Morgan fingerprint density at radius 3 is 2.67 bits per heavy atom. The smallest absolute Gasteiger partial charge is 0.155 e. The normalized spacial score (nSPS) is 11.1. The second-order valence-electron chi connectivity index (χ2n) is 4.68. The summed E-state index contributed by atoms with van der Waals surface area (Å²) in [7, 11) is -3.17. The van der Waals surface area contributed by atoms with Crippen LogP contribution in [0.15, 0.2) is 18.2 Å². The summed E-state index contributed by atoms with van der Waals surface area (Å²) in [5.41, 5.74) is 0.214. The van der Waals surface area contributed by atoms with Gasteiger partial charge < -0.3 is 9.84 Å². The maximum Gasteiger partial charge on any atom is 0.155 e. The van der Waals surface area contributed by atoms with Crippen LogP contribution in [0.5, 0.6) is 5.75 Å². The molecule has 0 saturated carbocycles. The van der Waals surface area contributed by atoms with Crippen molar-refractivity contribution in [1.82, 2.24) is 0 Å². The summed E-state index contributed by atoms with van der Waals surface area (Å²) in [6, 6.07) is 4.17. The molecular weight excluding hydrogens is 295 g/mol. The Bertz CT molecular complexity index is 627. The van der Waals surface area contributed by atoms with Gasteiger partial charge in [-0.05, 0) is 26.0 Å². The second-order valence-corrected chi connectivity index (χ2v) is 7.36. The lowest BCUT2D eigenvalue weighted by Gasteiger charge is -2.09. The lowest BCUT2D eigenvalue weighted by atomic mass is 10.2. The van der Waals surface area contributed by atoms with E-state index in [0.717, 1.165) is 0 Å². The van der Waals surface area contributed by atoms with E-state index in [-0.39, 0.29) is 36.7 Å². The van der Waals surface area contributed by atoms with Crippen LogP contribution in [0.2, 0.25) is 0 Å².